The summed E-state index contributed by atoms with van der Waals surface area (Å²) in [5.74, 6) is 0.514. The van der Waals surface area contributed by atoms with Crippen molar-refractivity contribution in [2.24, 2.45) is 0 Å². The second-order valence-corrected chi connectivity index (χ2v) is 8.95. The standard InChI is InChI=1S/C13H17N3O3S2/c1-7-8(2)20-13(15-7)11-10(17)5-16(12(11)14)9-3-4-21(18,19)6-9/h9,14,17H,3-6H2,1-2H3/t9-/m1/s1. The van der Waals surface area contributed by atoms with Crippen molar-refractivity contribution >= 4 is 32.6 Å². The normalized spacial score (nSPS) is 25.1. The van der Waals surface area contributed by atoms with Crippen molar-refractivity contribution in [3.63, 3.8) is 0 Å². The van der Waals surface area contributed by atoms with Gasteiger partial charge in [-0.15, -0.1) is 11.3 Å². The number of nitrogens with zero attached hydrogens (tertiary/aromatic N) is 2. The van der Waals surface area contributed by atoms with Crippen LogP contribution in [0, 0.1) is 19.3 Å². The van der Waals surface area contributed by atoms with E-state index in [1.165, 1.54) is 11.3 Å². The van der Waals surface area contributed by atoms with E-state index >= 15 is 0 Å². The Labute approximate surface area is 127 Å². The zero-order valence-electron chi connectivity index (χ0n) is 11.9. The van der Waals surface area contributed by atoms with Crippen molar-refractivity contribution in [3.05, 3.63) is 21.3 Å². The minimum atomic E-state index is -3.01. The van der Waals surface area contributed by atoms with Crippen LogP contribution in [0.15, 0.2) is 5.76 Å². The van der Waals surface area contributed by atoms with Crippen LogP contribution in [0.3, 0.4) is 0 Å². The Bertz CT molecular complexity index is 729. The van der Waals surface area contributed by atoms with Gasteiger partial charge in [-0.1, -0.05) is 0 Å². The number of aliphatic hydroxyl groups is 1. The molecule has 0 spiro atoms. The van der Waals surface area contributed by atoms with Gasteiger partial charge in [0.1, 0.15) is 16.6 Å². The van der Waals surface area contributed by atoms with Crippen LogP contribution in [-0.4, -0.2) is 53.3 Å². The minimum Gasteiger partial charge on any atom is -0.510 e. The highest BCUT2D eigenvalue weighted by atomic mass is 32.2. The van der Waals surface area contributed by atoms with Crippen molar-refractivity contribution in [2.45, 2.75) is 26.3 Å². The SMILES string of the molecule is Cc1nc(C2=C(O)CN([C@@H]3CCS(=O)(=O)C3)C2=N)sc1C. The molecule has 2 N–H and O–H groups in total. The topological polar surface area (TPSA) is 94.3 Å². The summed E-state index contributed by atoms with van der Waals surface area (Å²) in [7, 11) is -3.01. The van der Waals surface area contributed by atoms with Crippen molar-refractivity contribution in [1.82, 2.24) is 9.88 Å². The molecule has 0 bridgehead atoms. The molecule has 1 aromatic rings. The molecular weight excluding hydrogens is 310 g/mol. The molecule has 1 atom stereocenters. The van der Waals surface area contributed by atoms with Crippen molar-refractivity contribution in [3.8, 4) is 0 Å². The van der Waals surface area contributed by atoms with Gasteiger partial charge in [0, 0.05) is 10.9 Å². The summed E-state index contributed by atoms with van der Waals surface area (Å²) in [5, 5.41) is 19.1. The second-order valence-electron chi connectivity index (χ2n) is 5.52. The smallest absolute Gasteiger partial charge is 0.152 e. The van der Waals surface area contributed by atoms with Gasteiger partial charge in [0.2, 0.25) is 0 Å². The zero-order valence-corrected chi connectivity index (χ0v) is 13.5. The largest absolute Gasteiger partial charge is 0.510 e. The lowest BCUT2D eigenvalue weighted by molar-refractivity contribution is 0.309. The Morgan fingerprint density at radius 1 is 1.43 bits per heavy atom. The first-order chi connectivity index (χ1) is 9.78. The Morgan fingerprint density at radius 3 is 2.67 bits per heavy atom. The van der Waals surface area contributed by atoms with Crippen LogP contribution < -0.4 is 0 Å². The number of nitrogens with one attached hydrogen (secondary N) is 1. The van der Waals surface area contributed by atoms with Gasteiger partial charge in [-0.3, -0.25) is 5.41 Å². The fraction of sp³-hybridized carbons (Fsp3) is 0.538. The zero-order chi connectivity index (χ0) is 15.4. The summed E-state index contributed by atoms with van der Waals surface area (Å²) in [4.78, 5) is 7.13. The number of aryl methyl sites for hydroxylation is 2. The van der Waals surface area contributed by atoms with E-state index < -0.39 is 9.84 Å². The molecule has 0 unspecified atom stereocenters. The van der Waals surface area contributed by atoms with E-state index in [0.29, 0.717) is 17.0 Å². The van der Waals surface area contributed by atoms with Crippen LogP contribution in [0.5, 0.6) is 0 Å². The average Bonchev–Trinajstić information content (AvgIpc) is 2.98. The van der Waals surface area contributed by atoms with Crippen LogP contribution in [0.2, 0.25) is 0 Å². The molecule has 0 aromatic carbocycles. The van der Waals surface area contributed by atoms with Gasteiger partial charge in [-0.25, -0.2) is 13.4 Å². The Balaban J connectivity index is 1.88. The fourth-order valence-corrected chi connectivity index (χ4v) is 5.45. The molecule has 0 aliphatic carbocycles. The van der Waals surface area contributed by atoms with Crippen LogP contribution >= 0.6 is 11.3 Å². The third-order valence-corrected chi connectivity index (χ3v) is 6.86. The highest BCUT2D eigenvalue weighted by molar-refractivity contribution is 7.91. The van der Waals surface area contributed by atoms with Gasteiger partial charge < -0.3 is 10.0 Å². The van der Waals surface area contributed by atoms with Gasteiger partial charge in [0.15, 0.2) is 9.84 Å². The van der Waals surface area contributed by atoms with Gasteiger partial charge in [0.05, 0.1) is 29.3 Å². The molecule has 1 fully saturated rings. The number of sulfone groups is 1. The molecule has 8 heteroatoms. The van der Waals surface area contributed by atoms with E-state index in [2.05, 4.69) is 4.98 Å². The van der Waals surface area contributed by atoms with Crippen LogP contribution in [0.4, 0.5) is 0 Å². The predicted molar refractivity (Wildman–Crippen MR) is 82.6 cm³/mol. The molecule has 0 saturated carbocycles. The summed E-state index contributed by atoms with van der Waals surface area (Å²) in [5.41, 5.74) is 1.34. The lowest BCUT2D eigenvalue weighted by Gasteiger charge is -2.24. The molecule has 0 radical (unpaired) electrons. The van der Waals surface area contributed by atoms with Gasteiger partial charge >= 0.3 is 0 Å². The number of aliphatic hydroxyl groups excluding tert-OH is 1. The second kappa shape index (κ2) is 4.81. The summed E-state index contributed by atoms with van der Waals surface area (Å²) in [6, 6.07) is -0.218. The maximum absolute atomic E-state index is 11.6. The highest BCUT2D eigenvalue weighted by Gasteiger charge is 2.39. The first kappa shape index (κ1) is 14.5. The first-order valence-corrected chi connectivity index (χ1v) is 9.35. The summed E-state index contributed by atoms with van der Waals surface area (Å²) >= 11 is 1.45. The van der Waals surface area contributed by atoms with Crippen molar-refractivity contribution < 1.29 is 13.5 Å². The molecule has 3 heterocycles. The number of thiazole rings is 1. The maximum Gasteiger partial charge on any atom is 0.152 e. The molecule has 1 saturated heterocycles. The number of hydrogen-bond donors (Lipinski definition) is 2. The molecule has 1 aromatic heterocycles. The minimum absolute atomic E-state index is 0.0614. The predicted octanol–water partition coefficient (Wildman–Crippen LogP) is 1.51. The molecule has 2 aliphatic heterocycles. The number of hydrogen-bond acceptors (Lipinski definition) is 6. The lowest BCUT2D eigenvalue weighted by atomic mass is 10.2. The van der Waals surface area contributed by atoms with E-state index in [-0.39, 0.29) is 35.7 Å². The van der Waals surface area contributed by atoms with Crippen LogP contribution in [-0.2, 0) is 9.84 Å². The van der Waals surface area contributed by atoms with Gasteiger partial charge in [0.25, 0.3) is 0 Å². The summed E-state index contributed by atoms with van der Waals surface area (Å²) in [6.07, 6.45) is 0.515. The first-order valence-electron chi connectivity index (χ1n) is 6.71. The third-order valence-electron chi connectivity index (χ3n) is 4.02. The maximum atomic E-state index is 11.6. The molecule has 3 rings (SSSR count). The van der Waals surface area contributed by atoms with E-state index in [1.807, 2.05) is 13.8 Å². The number of aromatic nitrogens is 1. The van der Waals surface area contributed by atoms with Crippen LogP contribution in [0.25, 0.3) is 5.57 Å². The van der Waals surface area contributed by atoms with Gasteiger partial charge in [-0.05, 0) is 20.3 Å². The lowest BCUT2D eigenvalue weighted by Crippen LogP contribution is -2.38. The highest BCUT2D eigenvalue weighted by Crippen LogP contribution is 2.34. The molecule has 2 aliphatic rings. The molecule has 114 valence electrons. The van der Waals surface area contributed by atoms with E-state index in [4.69, 9.17) is 5.41 Å². The Morgan fingerprint density at radius 2 is 2.14 bits per heavy atom. The molecular formula is C13H17N3O3S2. The Hall–Kier alpha value is -1.41. The monoisotopic (exact) mass is 327 g/mol. The fourth-order valence-electron chi connectivity index (χ4n) is 2.74. The average molecular weight is 327 g/mol. The Kier molecular flexibility index (Phi) is 3.32. The molecule has 21 heavy (non-hydrogen) atoms. The van der Waals surface area contributed by atoms with E-state index in [0.717, 1.165) is 10.6 Å². The number of amidine groups is 1. The van der Waals surface area contributed by atoms with Gasteiger partial charge in [-0.2, -0.15) is 0 Å². The number of rotatable bonds is 2. The van der Waals surface area contributed by atoms with Crippen LogP contribution in [0.1, 0.15) is 22.0 Å². The van der Waals surface area contributed by atoms with E-state index in [9.17, 15) is 13.5 Å². The summed E-state index contributed by atoms with van der Waals surface area (Å²) < 4.78 is 23.2. The van der Waals surface area contributed by atoms with Crippen molar-refractivity contribution in [1.29, 1.82) is 5.41 Å². The summed E-state index contributed by atoms with van der Waals surface area (Å²) in [6.45, 7) is 4.05. The third kappa shape index (κ3) is 2.46. The van der Waals surface area contributed by atoms with Crippen molar-refractivity contribution in [2.75, 3.05) is 18.1 Å². The molecule has 6 nitrogen and oxygen atoms in total. The molecule has 0 amide bonds. The quantitative estimate of drug-likeness (QED) is 0.858. The van der Waals surface area contributed by atoms with E-state index in [1.54, 1.807) is 4.90 Å².